The normalized spacial score (nSPS) is 13.8. The van der Waals surface area contributed by atoms with Crippen molar-refractivity contribution in [3.05, 3.63) is 77.6 Å². The maximum atomic E-state index is 12.7. The third kappa shape index (κ3) is 6.36. The van der Waals surface area contributed by atoms with Gasteiger partial charge in [0.15, 0.2) is 0 Å². The zero-order valence-corrected chi connectivity index (χ0v) is 21.5. The number of fused-ring (bicyclic) bond motifs is 1. The molecular weight excluding hydrogens is 474 g/mol. The number of likely N-dealkylation sites (tertiary alicyclic amines) is 1. The maximum Gasteiger partial charge on any atom is 0.251 e. The van der Waals surface area contributed by atoms with Crippen LogP contribution in [0.5, 0.6) is 0 Å². The van der Waals surface area contributed by atoms with Crippen LogP contribution in [0.15, 0.2) is 60.9 Å². The topological polar surface area (TPSA) is 110 Å². The lowest BCUT2D eigenvalue weighted by Crippen LogP contribution is -2.31. The molecule has 3 N–H and O–H groups in total. The van der Waals surface area contributed by atoms with Gasteiger partial charge < -0.3 is 20.5 Å². The van der Waals surface area contributed by atoms with Crippen molar-refractivity contribution in [3.8, 4) is 17.3 Å². The van der Waals surface area contributed by atoms with Crippen LogP contribution < -0.4 is 10.6 Å². The van der Waals surface area contributed by atoms with E-state index in [-0.39, 0.29) is 5.91 Å². The van der Waals surface area contributed by atoms with Gasteiger partial charge in [-0.05, 0) is 81.2 Å². The molecule has 5 rings (SSSR count). The monoisotopic (exact) mass is 507 g/mol. The van der Waals surface area contributed by atoms with Gasteiger partial charge in [0.1, 0.15) is 6.07 Å². The van der Waals surface area contributed by atoms with Crippen LogP contribution in [0.2, 0.25) is 0 Å². The molecule has 8 heteroatoms. The largest absolute Gasteiger partial charge is 0.360 e. The number of benzene rings is 2. The fourth-order valence-corrected chi connectivity index (χ4v) is 4.92. The average Bonchev–Trinajstić information content (AvgIpc) is 3.38. The molecular formula is C30H33N7O. The average molecular weight is 508 g/mol. The van der Waals surface area contributed by atoms with Gasteiger partial charge in [-0.15, -0.1) is 0 Å². The minimum absolute atomic E-state index is 0.115. The van der Waals surface area contributed by atoms with E-state index in [2.05, 4.69) is 36.6 Å². The van der Waals surface area contributed by atoms with Gasteiger partial charge in [0.2, 0.25) is 5.95 Å². The van der Waals surface area contributed by atoms with Crippen LogP contribution in [0.25, 0.3) is 22.2 Å². The molecule has 0 radical (unpaired) electrons. The Kier molecular flexibility index (Phi) is 8.26. The van der Waals surface area contributed by atoms with Gasteiger partial charge >= 0.3 is 0 Å². The molecule has 0 aliphatic carbocycles. The number of piperidine rings is 1. The van der Waals surface area contributed by atoms with E-state index in [4.69, 9.17) is 0 Å². The second kappa shape index (κ2) is 12.3. The van der Waals surface area contributed by atoms with E-state index >= 15 is 0 Å². The first kappa shape index (κ1) is 25.4. The SMILES string of the molecule is N#Cc1c[nH]c2ccc(CCNC(=O)c3ccc(-c4ccnc(NCCCN5CCCCC5)n4)cc3)cc12. The quantitative estimate of drug-likeness (QED) is 0.267. The smallest absolute Gasteiger partial charge is 0.251 e. The Labute approximate surface area is 223 Å². The summed E-state index contributed by atoms with van der Waals surface area (Å²) in [7, 11) is 0. The van der Waals surface area contributed by atoms with Gasteiger partial charge in [-0.3, -0.25) is 4.79 Å². The minimum Gasteiger partial charge on any atom is -0.360 e. The van der Waals surface area contributed by atoms with Gasteiger partial charge in [0.05, 0.1) is 11.3 Å². The van der Waals surface area contributed by atoms with Crippen LogP contribution in [0.3, 0.4) is 0 Å². The molecule has 2 aromatic heterocycles. The first-order valence-electron chi connectivity index (χ1n) is 13.4. The van der Waals surface area contributed by atoms with Crippen LogP contribution in [0.4, 0.5) is 5.95 Å². The van der Waals surface area contributed by atoms with Gasteiger partial charge in [0, 0.05) is 47.5 Å². The number of amides is 1. The van der Waals surface area contributed by atoms with Crippen LogP contribution in [0.1, 0.15) is 47.2 Å². The Morgan fingerprint density at radius 2 is 1.89 bits per heavy atom. The summed E-state index contributed by atoms with van der Waals surface area (Å²) >= 11 is 0. The lowest BCUT2D eigenvalue weighted by Gasteiger charge is -2.26. The lowest BCUT2D eigenvalue weighted by molar-refractivity contribution is 0.0954. The molecule has 0 saturated carbocycles. The van der Waals surface area contributed by atoms with Gasteiger partial charge in [-0.1, -0.05) is 24.6 Å². The summed E-state index contributed by atoms with van der Waals surface area (Å²) < 4.78 is 0. The van der Waals surface area contributed by atoms with Crippen LogP contribution in [-0.4, -0.2) is 58.5 Å². The zero-order valence-electron chi connectivity index (χ0n) is 21.5. The molecule has 2 aromatic carbocycles. The van der Waals surface area contributed by atoms with Gasteiger partial charge in [-0.25, -0.2) is 9.97 Å². The fraction of sp³-hybridized carbons (Fsp3) is 0.333. The summed E-state index contributed by atoms with van der Waals surface area (Å²) in [5.74, 6) is 0.512. The van der Waals surface area contributed by atoms with E-state index in [1.165, 1.54) is 32.4 Å². The van der Waals surface area contributed by atoms with Crippen LogP contribution in [0, 0.1) is 11.3 Å². The van der Waals surface area contributed by atoms with E-state index < -0.39 is 0 Å². The molecule has 0 spiro atoms. The highest BCUT2D eigenvalue weighted by Crippen LogP contribution is 2.20. The zero-order chi connectivity index (χ0) is 26.2. The molecule has 38 heavy (non-hydrogen) atoms. The van der Waals surface area contributed by atoms with Gasteiger partial charge in [0.25, 0.3) is 5.91 Å². The van der Waals surface area contributed by atoms with Crippen molar-refractivity contribution in [2.75, 3.05) is 38.0 Å². The van der Waals surface area contributed by atoms with Crippen molar-refractivity contribution in [1.82, 2.24) is 25.2 Å². The second-order valence-electron chi connectivity index (χ2n) is 9.73. The number of hydrogen-bond donors (Lipinski definition) is 3. The number of carbonyl (C=O) groups is 1. The van der Waals surface area contributed by atoms with Gasteiger partial charge in [-0.2, -0.15) is 5.26 Å². The molecule has 0 atom stereocenters. The van der Waals surface area contributed by atoms with E-state index in [1.54, 1.807) is 12.4 Å². The lowest BCUT2D eigenvalue weighted by atomic mass is 10.1. The van der Waals surface area contributed by atoms with E-state index in [1.807, 2.05) is 48.5 Å². The third-order valence-electron chi connectivity index (χ3n) is 7.05. The van der Waals surface area contributed by atoms with E-state index in [0.717, 1.165) is 47.2 Å². The molecule has 8 nitrogen and oxygen atoms in total. The van der Waals surface area contributed by atoms with Crippen LogP contribution in [-0.2, 0) is 6.42 Å². The van der Waals surface area contributed by atoms with Crippen molar-refractivity contribution in [2.24, 2.45) is 0 Å². The number of nitriles is 1. The number of H-pyrrole nitrogens is 1. The van der Waals surface area contributed by atoms with Crippen molar-refractivity contribution in [2.45, 2.75) is 32.1 Å². The molecule has 0 unspecified atom stereocenters. The van der Waals surface area contributed by atoms with E-state index in [0.29, 0.717) is 30.0 Å². The number of carbonyl (C=O) groups excluding carboxylic acids is 1. The van der Waals surface area contributed by atoms with Crippen molar-refractivity contribution < 1.29 is 4.79 Å². The summed E-state index contributed by atoms with van der Waals surface area (Å²) in [6.07, 6.45) is 9.23. The Morgan fingerprint density at radius 1 is 1.05 bits per heavy atom. The van der Waals surface area contributed by atoms with E-state index in [9.17, 15) is 10.1 Å². The number of rotatable bonds is 10. The Morgan fingerprint density at radius 3 is 2.71 bits per heavy atom. The number of nitrogens with one attached hydrogen (secondary N) is 3. The highest BCUT2D eigenvalue weighted by Gasteiger charge is 2.10. The summed E-state index contributed by atoms with van der Waals surface area (Å²) in [6.45, 7) is 4.90. The molecule has 1 aliphatic rings. The van der Waals surface area contributed by atoms with Crippen molar-refractivity contribution in [1.29, 1.82) is 5.26 Å². The molecule has 4 aromatic rings. The summed E-state index contributed by atoms with van der Waals surface area (Å²) in [5.41, 5.74) is 5.01. The molecule has 194 valence electrons. The highest BCUT2D eigenvalue weighted by molar-refractivity contribution is 5.94. The molecule has 3 heterocycles. The number of hydrogen-bond acceptors (Lipinski definition) is 6. The predicted molar refractivity (Wildman–Crippen MR) is 150 cm³/mol. The summed E-state index contributed by atoms with van der Waals surface area (Å²) in [6, 6.07) is 17.6. The standard InChI is InChI=1S/C30H33N7O/c31-20-25-21-35-28-10-5-22(19-26(25)28)11-14-32-29(38)24-8-6-23(7-9-24)27-12-15-34-30(36-27)33-13-4-18-37-16-2-1-3-17-37/h5-10,12,15,19,21,35H,1-4,11,13-14,16-18H2,(H,32,38)(H,33,34,36). The van der Waals surface area contributed by atoms with Crippen molar-refractivity contribution >= 4 is 22.8 Å². The first-order chi connectivity index (χ1) is 18.7. The maximum absolute atomic E-state index is 12.7. The molecule has 1 saturated heterocycles. The second-order valence-corrected chi connectivity index (χ2v) is 9.73. The summed E-state index contributed by atoms with van der Waals surface area (Å²) in [4.78, 5) is 27.3. The highest BCUT2D eigenvalue weighted by atomic mass is 16.1. The number of anilines is 1. The number of nitrogens with zero attached hydrogens (tertiary/aromatic N) is 4. The molecule has 1 amide bonds. The Bertz CT molecular complexity index is 1410. The first-order valence-corrected chi connectivity index (χ1v) is 13.4. The summed E-state index contributed by atoms with van der Waals surface area (Å²) in [5, 5.41) is 16.5. The third-order valence-corrected chi connectivity index (χ3v) is 7.05. The minimum atomic E-state index is -0.115. The van der Waals surface area contributed by atoms with Crippen molar-refractivity contribution in [3.63, 3.8) is 0 Å². The fourth-order valence-electron chi connectivity index (χ4n) is 4.92. The molecule has 0 bridgehead atoms. The number of aromatic amines is 1. The molecule has 1 fully saturated rings. The predicted octanol–water partition coefficient (Wildman–Crippen LogP) is 4.76. The van der Waals surface area contributed by atoms with Crippen LogP contribution >= 0.6 is 0 Å². The number of aromatic nitrogens is 3. The Balaban J connectivity index is 1.10. The Hall–Kier alpha value is -4.22. The molecule has 1 aliphatic heterocycles.